The van der Waals surface area contributed by atoms with Gasteiger partial charge in [0.05, 0.1) is 26.4 Å². The molecule has 0 spiro atoms. The van der Waals surface area contributed by atoms with Gasteiger partial charge >= 0.3 is 39.5 Å². The molecule has 3 N–H and O–H groups in total. The van der Waals surface area contributed by atoms with Crippen LogP contribution in [0.3, 0.4) is 0 Å². The summed E-state index contributed by atoms with van der Waals surface area (Å²) < 4.78 is 68.6. The first-order valence-corrected chi connectivity index (χ1v) is 43.6. The number of esters is 4. The molecule has 97 heavy (non-hydrogen) atoms. The fourth-order valence-corrected chi connectivity index (χ4v) is 13.6. The maximum atomic E-state index is 13.1. The van der Waals surface area contributed by atoms with Crippen LogP contribution in [0.5, 0.6) is 0 Å². The molecule has 0 saturated carbocycles. The Morgan fingerprint density at radius 3 is 0.701 bits per heavy atom. The van der Waals surface area contributed by atoms with Crippen molar-refractivity contribution in [3.05, 3.63) is 0 Å². The smallest absolute Gasteiger partial charge is 0.462 e. The Hall–Kier alpha value is -1.94. The highest BCUT2D eigenvalue weighted by Gasteiger charge is 2.30. The Bertz CT molecular complexity index is 1860. The SMILES string of the molecule is CCCCCCCCCCCCCCCCC(=O)OC[C@H](COP(=O)(O)OC[C@@H](O)COP(=O)(O)OC[C@@H](COC(=O)CCCCCCCCCCCCC)OC(=O)CCCCCCCCCCCCCCCC)OC(=O)CCCCCCCCCCCCCCCCCC(C)C. The zero-order chi connectivity index (χ0) is 71.2. The Balaban J connectivity index is 5.25. The molecule has 19 heteroatoms. The van der Waals surface area contributed by atoms with Crippen molar-refractivity contribution in [2.75, 3.05) is 39.6 Å². The van der Waals surface area contributed by atoms with Crippen LogP contribution in [0.2, 0.25) is 0 Å². The van der Waals surface area contributed by atoms with Gasteiger partial charge in [-0.3, -0.25) is 37.3 Å². The maximum Gasteiger partial charge on any atom is 0.472 e. The first-order chi connectivity index (χ1) is 47.0. The second-order valence-corrected chi connectivity index (χ2v) is 31.5. The van der Waals surface area contributed by atoms with Crippen LogP contribution in [0.25, 0.3) is 0 Å². The number of aliphatic hydroxyl groups is 1. The van der Waals surface area contributed by atoms with Crippen molar-refractivity contribution in [1.29, 1.82) is 0 Å². The lowest BCUT2D eigenvalue weighted by Crippen LogP contribution is -2.30. The van der Waals surface area contributed by atoms with Crippen LogP contribution in [0, 0.1) is 5.92 Å². The van der Waals surface area contributed by atoms with Gasteiger partial charge in [-0.2, -0.15) is 0 Å². The van der Waals surface area contributed by atoms with Gasteiger partial charge in [-0.25, -0.2) is 9.13 Å². The summed E-state index contributed by atoms with van der Waals surface area (Å²) in [6.07, 6.45) is 60.8. The summed E-state index contributed by atoms with van der Waals surface area (Å²) in [5.74, 6) is -1.30. The predicted molar refractivity (Wildman–Crippen MR) is 395 cm³/mol. The molecule has 0 bridgehead atoms. The molecule has 17 nitrogen and oxygen atoms in total. The molecule has 0 rings (SSSR count). The van der Waals surface area contributed by atoms with Gasteiger partial charge in [0.15, 0.2) is 12.2 Å². The zero-order valence-corrected chi connectivity index (χ0v) is 65.0. The molecule has 0 heterocycles. The molecule has 2 unspecified atom stereocenters. The molecule has 0 saturated heterocycles. The molecule has 0 aliphatic rings. The van der Waals surface area contributed by atoms with E-state index in [1.165, 1.54) is 238 Å². The van der Waals surface area contributed by atoms with Crippen molar-refractivity contribution < 1.29 is 80.2 Å². The maximum absolute atomic E-state index is 13.1. The number of ether oxygens (including phenoxy) is 4. The van der Waals surface area contributed by atoms with Crippen LogP contribution < -0.4 is 0 Å². The second kappa shape index (κ2) is 71.1. The Kier molecular flexibility index (Phi) is 69.6. The van der Waals surface area contributed by atoms with Crippen molar-refractivity contribution in [2.45, 2.75) is 432 Å². The van der Waals surface area contributed by atoms with Crippen LogP contribution in [0.4, 0.5) is 0 Å². The number of carbonyl (C=O) groups excluding carboxylic acids is 4. The van der Waals surface area contributed by atoms with Crippen LogP contribution >= 0.6 is 15.6 Å². The van der Waals surface area contributed by atoms with Gasteiger partial charge in [0.1, 0.15) is 19.3 Å². The minimum absolute atomic E-state index is 0.108. The minimum Gasteiger partial charge on any atom is -0.462 e. The van der Waals surface area contributed by atoms with Crippen molar-refractivity contribution in [2.24, 2.45) is 5.92 Å². The fraction of sp³-hybridized carbons (Fsp3) is 0.949. The third-order valence-corrected chi connectivity index (χ3v) is 20.2. The molecule has 0 aliphatic heterocycles. The normalized spacial score (nSPS) is 13.9. The summed E-state index contributed by atoms with van der Waals surface area (Å²) in [5, 5.41) is 10.6. The highest BCUT2D eigenvalue weighted by molar-refractivity contribution is 7.47. The van der Waals surface area contributed by atoms with Crippen LogP contribution in [-0.2, 0) is 65.4 Å². The number of hydrogen-bond acceptors (Lipinski definition) is 15. The molecule has 0 fully saturated rings. The van der Waals surface area contributed by atoms with Gasteiger partial charge < -0.3 is 33.8 Å². The molecular weight excluding hydrogens is 1270 g/mol. The van der Waals surface area contributed by atoms with Gasteiger partial charge in [-0.15, -0.1) is 0 Å². The molecule has 576 valence electrons. The van der Waals surface area contributed by atoms with Gasteiger partial charge in [-0.05, 0) is 31.6 Å². The summed E-state index contributed by atoms with van der Waals surface area (Å²) in [5.41, 5.74) is 0. The highest BCUT2D eigenvalue weighted by Crippen LogP contribution is 2.45. The fourth-order valence-electron chi connectivity index (χ4n) is 12.1. The van der Waals surface area contributed by atoms with Crippen molar-refractivity contribution in [3.63, 3.8) is 0 Å². The monoisotopic (exact) mass is 1420 g/mol. The Labute approximate surface area is 594 Å². The van der Waals surface area contributed by atoms with Crippen LogP contribution in [0.1, 0.15) is 413 Å². The van der Waals surface area contributed by atoms with Crippen molar-refractivity contribution >= 4 is 39.5 Å². The van der Waals surface area contributed by atoms with Crippen molar-refractivity contribution in [1.82, 2.24) is 0 Å². The largest absolute Gasteiger partial charge is 0.472 e. The van der Waals surface area contributed by atoms with Gasteiger partial charge in [-0.1, -0.05) is 362 Å². The summed E-state index contributed by atoms with van der Waals surface area (Å²) in [6.45, 7) is 7.34. The van der Waals surface area contributed by atoms with E-state index < -0.39 is 97.5 Å². The lowest BCUT2D eigenvalue weighted by atomic mass is 10.0. The number of phosphoric ester groups is 2. The highest BCUT2D eigenvalue weighted by atomic mass is 31.2. The van der Waals surface area contributed by atoms with Crippen molar-refractivity contribution in [3.8, 4) is 0 Å². The molecule has 0 amide bonds. The standard InChI is InChI=1S/C78H152O17P2/c1-6-9-12-15-18-21-24-26-32-37-42-47-52-57-62-76(81)89-68-74(95-78(83)64-59-54-49-44-39-34-30-28-29-31-36-40-45-50-55-60-71(4)5)70-93-97(86,87)91-66-72(79)65-90-96(84,85)92-69-73(67-88-75(80)61-56-51-46-41-35-23-20-17-14-11-8-3)94-77(82)63-58-53-48-43-38-33-27-25-22-19-16-13-10-7-2/h71-74,79H,6-70H2,1-5H3,(H,84,85)(H,86,87)/t72-,73+,74+/m0/s1. The van der Waals surface area contributed by atoms with E-state index in [1.807, 2.05) is 0 Å². The quantitative estimate of drug-likeness (QED) is 0.0222. The average Bonchev–Trinajstić information content (AvgIpc) is 1.37. The predicted octanol–water partition coefficient (Wildman–Crippen LogP) is 23.3. The average molecular weight is 1420 g/mol. The summed E-state index contributed by atoms with van der Waals surface area (Å²) >= 11 is 0. The second-order valence-electron chi connectivity index (χ2n) is 28.6. The summed E-state index contributed by atoms with van der Waals surface area (Å²) in [7, 11) is -9.91. The molecule has 0 radical (unpaired) electrons. The Morgan fingerprint density at radius 2 is 0.474 bits per heavy atom. The topological polar surface area (TPSA) is 237 Å². The van der Waals surface area contributed by atoms with Crippen LogP contribution in [0.15, 0.2) is 0 Å². The number of carbonyl (C=O) groups is 4. The lowest BCUT2D eigenvalue weighted by Gasteiger charge is -2.21. The third kappa shape index (κ3) is 72.2. The number of unbranched alkanes of at least 4 members (excludes halogenated alkanes) is 50. The third-order valence-electron chi connectivity index (χ3n) is 18.3. The zero-order valence-electron chi connectivity index (χ0n) is 63.2. The number of rotatable bonds is 78. The van der Waals surface area contributed by atoms with Gasteiger partial charge in [0.25, 0.3) is 0 Å². The van der Waals surface area contributed by atoms with E-state index in [2.05, 4.69) is 34.6 Å². The molecule has 0 aromatic rings. The number of phosphoric acid groups is 2. The van der Waals surface area contributed by atoms with E-state index >= 15 is 0 Å². The summed E-state index contributed by atoms with van der Waals surface area (Å²) in [4.78, 5) is 72.9. The Morgan fingerprint density at radius 1 is 0.278 bits per heavy atom. The van der Waals surface area contributed by atoms with E-state index in [1.54, 1.807) is 0 Å². The summed E-state index contributed by atoms with van der Waals surface area (Å²) in [6, 6.07) is 0. The van der Waals surface area contributed by atoms with E-state index in [0.29, 0.717) is 25.7 Å². The van der Waals surface area contributed by atoms with Crippen LogP contribution in [-0.4, -0.2) is 96.7 Å². The van der Waals surface area contributed by atoms with E-state index in [9.17, 15) is 43.2 Å². The van der Waals surface area contributed by atoms with E-state index in [4.69, 9.17) is 37.0 Å². The first kappa shape index (κ1) is 95.1. The first-order valence-electron chi connectivity index (χ1n) is 40.6. The lowest BCUT2D eigenvalue weighted by molar-refractivity contribution is -0.161. The van der Waals surface area contributed by atoms with Gasteiger partial charge in [0, 0.05) is 25.7 Å². The van der Waals surface area contributed by atoms with E-state index in [0.717, 1.165) is 95.8 Å². The molecule has 0 aromatic carbocycles. The molecular formula is C78H152O17P2. The minimum atomic E-state index is -4.96. The number of aliphatic hydroxyl groups excluding tert-OH is 1. The van der Waals surface area contributed by atoms with Gasteiger partial charge in [0.2, 0.25) is 0 Å². The molecule has 0 aromatic heterocycles. The van der Waals surface area contributed by atoms with E-state index in [-0.39, 0.29) is 25.7 Å². The molecule has 0 aliphatic carbocycles. The molecule has 5 atom stereocenters. The number of hydrogen-bond donors (Lipinski definition) is 3.